The normalized spacial score (nSPS) is 14.2. The predicted octanol–water partition coefficient (Wildman–Crippen LogP) is 2.05. The van der Waals surface area contributed by atoms with Gasteiger partial charge in [0.05, 0.1) is 13.1 Å². The molecule has 0 fully saturated rings. The van der Waals surface area contributed by atoms with Gasteiger partial charge in [0.15, 0.2) is 0 Å². The third kappa shape index (κ3) is 2.24. The summed E-state index contributed by atoms with van der Waals surface area (Å²) in [4.78, 5) is 4.35. The molecule has 0 saturated carbocycles. The molecule has 0 bridgehead atoms. The average Bonchev–Trinajstić information content (AvgIpc) is 2.81. The molecule has 84 valence electrons. The first-order valence-electron chi connectivity index (χ1n) is 5.54. The van der Waals surface area contributed by atoms with Crippen molar-refractivity contribution in [2.45, 2.75) is 6.92 Å². The Labute approximate surface area is 96.3 Å². The zero-order valence-electron chi connectivity index (χ0n) is 9.59. The maximum absolute atomic E-state index is 4.35. The molecule has 1 aromatic carbocycles. The fourth-order valence-electron chi connectivity index (χ4n) is 1.81. The van der Waals surface area contributed by atoms with Gasteiger partial charge in [0, 0.05) is 12.2 Å². The Balaban J connectivity index is 2.06. The van der Waals surface area contributed by atoms with Crippen molar-refractivity contribution in [1.82, 2.24) is 5.32 Å². The molecule has 0 saturated heterocycles. The van der Waals surface area contributed by atoms with Crippen LogP contribution < -0.4 is 10.6 Å². The molecule has 0 amide bonds. The van der Waals surface area contributed by atoms with Crippen LogP contribution in [0.3, 0.4) is 0 Å². The topological polar surface area (TPSA) is 36.4 Å². The Bertz CT molecular complexity index is 421. The standard InChI is InChI=1S/C13H17N3/c1-3-11-5-4-6-12(10(11)2)16-9-13-14-7-8-15-13/h3-6,16H,1,7-9H2,2H3,(H,14,15). The molecule has 0 spiro atoms. The van der Waals surface area contributed by atoms with Gasteiger partial charge in [0.1, 0.15) is 5.84 Å². The van der Waals surface area contributed by atoms with E-state index in [4.69, 9.17) is 0 Å². The zero-order chi connectivity index (χ0) is 11.4. The number of anilines is 1. The number of nitrogens with one attached hydrogen (secondary N) is 2. The smallest absolute Gasteiger partial charge is 0.116 e. The minimum absolute atomic E-state index is 0.765. The van der Waals surface area contributed by atoms with E-state index in [-0.39, 0.29) is 0 Å². The van der Waals surface area contributed by atoms with Crippen LogP contribution >= 0.6 is 0 Å². The Morgan fingerprint density at radius 1 is 1.56 bits per heavy atom. The summed E-state index contributed by atoms with van der Waals surface area (Å²) in [6.45, 7) is 8.52. The second-order valence-electron chi connectivity index (χ2n) is 3.83. The van der Waals surface area contributed by atoms with Crippen LogP contribution in [0.2, 0.25) is 0 Å². The molecule has 3 nitrogen and oxygen atoms in total. The van der Waals surface area contributed by atoms with Crippen molar-refractivity contribution in [1.29, 1.82) is 0 Å². The highest BCUT2D eigenvalue weighted by molar-refractivity contribution is 5.87. The van der Waals surface area contributed by atoms with Crippen molar-refractivity contribution < 1.29 is 0 Å². The van der Waals surface area contributed by atoms with Gasteiger partial charge in [-0.3, -0.25) is 4.99 Å². The fraction of sp³-hybridized carbons (Fsp3) is 0.308. The number of aliphatic imine (C=N–C) groups is 1. The first-order valence-corrected chi connectivity index (χ1v) is 5.54. The van der Waals surface area contributed by atoms with Gasteiger partial charge in [-0.25, -0.2) is 0 Å². The van der Waals surface area contributed by atoms with E-state index in [9.17, 15) is 0 Å². The van der Waals surface area contributed by atoms with Gasteiger partial charge in [-0.05, 0) is 24.1 Å². The maximum atomic E-state index is 4.35. The molecule has 2 rings (SSSR count). The lowest BCUT2D eigenvalue weighted by Crippen LogP contribution is -2.26. The highest BCUT2D eigenvalue weighted by Crippen LogP contribution is 2.19. The van der Waals surface area contributed by atoms with Crippen LogP contribution in [0.4, 0.5) is 5.69 Å². The van der Waals surface area contributed by atoms with Crippen molar-refractivity contribution in [3.63, 3.8) is 0 Å². The Morgan fingerprint density at radius 2 is 2.44 bits per heavy atom. The predicted molar refractivity (Wildman–Crippen MR) is 70.1 cm³/mol. The third-order valence-corrected chi connectivity index (χ3v) is 2.79. The molecular formula is C13H17N3. The van der Waals surface area contributed by atoms with E-state index < -0.39 is 0 Å². The Morgan fingerprint density at radius 3 is 3.12 bits per heavy atom. The van der Waals surface area contributed by atoms with E-state index in [1.165, 1.54) is 11.1 Å². The van der Waals surface area contributed by atoms with E-state index in [1.54, 1.807) is 0 Å². The molecule has 3 heteroatoms. The summed E-state index contributed by atoms with van der Waals surface area (Å²) in [5.41, 5.74) is 3.55. The molecular weight excluding hydrogens is 198 g/mol. The van der Waals surface area contributed by atoms with Gasteiger partial charge in [-0.1, -0.05) is 24.8 Å². The van der Waals surface area contributed by atoms with Crippen molar-refractivity contribution in [2.75, 3.05) is 25.0 Å². The van der Waals surface area contributed by atoms with Crippen LogP contribution in [0.25, 0.3) is 6.08 Å². The first-order chi connectivity index (χ1) is 7.81. The van der Waals surface area contributed by atoms with Crippen LogP contribution in [0.1, 0.15) is 11.1 Å². The van der Waals surface area contributed by atoms with Gasteiger partial charge in [0.25, 0.3) is 0 Å². The van der Waals surface area contributed by atoms with Crippen LogP contribution in [0, 0.1) is 6.92 Å². The van der Waals surface area contributed by atoms with Crippen LogP contribution in [-0.4, -0.2) is 25.5 Å². The summed E-state index contributed by atoms with van der Waals surface area (Å²) in [5.74, 6) is 1.04. The number of rotatable bonds is 4. The van der Waals surface area contributed by atoms with E-state index in [2.05, 4.69) is 41.3 Å². The quantitative estimate of drug-likeness (QED) is 0.806. The highest BCUT2D eigenvalue weighted by atomic mass is 15.1. The second-order valence-corrected chi connectivity index (χ2v) is 3.83. The molecule has 0 atom stereocenters. The van der Waals surface area contributed by atoms with E-state index in [1.807, 2.05) is 12.1 Å². The number of hydrogen-bond donors (Lipinski definition) is 2. The molecule has 1 aliphatic heterocycles. The van der Waals surface area contributed by atoms with Gasteiger partial charge in [-0.15, -0.1) is 0 Å². The number of amidine groups is 1. The van der Waals surface area contributed by atoms with E-state index in [0.29, 0.717) is 0 Å². The lowest BCUT2D eigenvalue weighted by Gasteiger charge is -2.11. The molecule has 1 aromatic rings. The zero-order valence-corrected chi connectivity index (χ0v) is 9.59. The van der Waals surface area contributed by atoms with E-state index >= 15 is 0 Å². The summed E-state index contributed by atoms with van der Waals surface area (Å²) in [6.07, 6.45) is 1.88. The summed E-state index contributed by atoms with van der Waals surface area (Å²) in [6, 6.07) is 6.19. The molecule has 0 aromatic heterocycles. The fourth-order valence-corrected chi connectivity index (χ4v) is 1.81. The summed E-state index contributed by atoms with van der Waals surface area (Å²) < 4.78 is 0. The lowest BCUT2D eigenvalue weighted by atomic mass is 10.1. The summed E-state index contributed by atoms with van der Waals surface area (Å²) in [7, 11) is 0. The van der Waals surface area contributed by atoms with Crippen molar-refractivity contribution in [3.05, 3.63) is 35.9 Å². The molecule has 1 aliphatic rings. The molecule has 16 heavy (non-hydrogen) atoms. The minimum Gasteiger partial charge on any atom is -0.378 e. The second kappa shape index (κ2) is 4.84. The monoisotopic (exact) mass is 215 g/mol. The van der Waals surface area contributed by atoms with Gasteiger partial charge < -0.3 is 10.6 Å². The average molecular weight is 215 g/mol. The summed E-state index contributed by atoms with van der Waals surface area (Å²) in [5, 5.41) is 6.63. The van der Waals surface area contributed by atoms with Crippen molar-refractivity contribution in [2.24, 2.45) is 4.99 Å². The molecule has 1 heterocycles. The number of hydrogen-bond acceptors (Lipinski definition) is 3. The van der Waals surface area contributed by atoms with Gasteiger partial charge >= 0.3 is 0 Å². The third-order valence-electron chi connectivity index (χ3n) is 2.79. The summed E-state index contributed by atoms with van der Waals surface area (Å²) >= 11 is 0. The van der Waals surface area contributed by atoms with E-state index in [0.717, 1.165) is 31.2 Å². The van der Waals surface area contributed by atoms with Crippen molar-refractivity contribution >= 4 is 17.6 Å². The molecule has 0 radical (unpaired) electrons. The molecule has 0 unspecified atom stereocenters. The van der Waals surface area contributed by atoms with Crippen LogP contribution in [0.15, 0.2) is 29.8 Å². The first kappa shape index (κ1) is 10.7. The minimum atomic E-state index is 0.765. The SMILES string of the molecule is C=Cc1cccc(NCC2=NCCN2)c1C. The van der Waals surface area contributed by atoms with Crippen molar-refractivity contribution in [3.8, 4) is 0 Å². The maximum Gasteiger partial charge on any atom is 0.116 e. The van der Waals surface area contributed by atoms with Crippen LogP contribution in [0.5, 0.6) is 0 Å². The molecule has 0 aliphatic carbocycles. The van der Waals surface area contributed by atoms with Gasteiger partial charge in [-0.2, -0.15) is 0 Å². The molecule has 2 N–H and O–H groups in total. The van der Waals surface area contributed by atoms with Crippen LogP contribution in [-0.2, 0) is 0 Å². The number of benzene rings is 1. The largest absolute Gasteiger partial charge is 0.378 e. The highest BCUT2D eigenvalue weighted by Gasteiger charge is 2.05. The Hall–Kier alpha value is -1.77. The number of nitrogens with zero attached hydrogens (tertiary/aromatic N) is 1. The van der Waals surface area contributed by atoms with Gasteiger partial charge in [0.2, 0.25) is 0 Å². The Kier molecular flexibility index (Phi) is 3.25. The lowest BCUT2D eigenvalue weighted by molar-refractivity contribution is 0.956.